The molecule has 122 valence electrons. The summed E-state index contributed by atoms with van der Waals surface area (Å²) in [4.78, 5) is 31.3. The number of aromatic nitrogens is 2. The highest BCUT2D eigenvalue weighted by molar-refractivity contribution is 5.97. The van der Waals surface area contributed by atoms with E-state index in [-0.39, 0.29) is 11.8 Å². The third-order valence-corrected chi connectivity index (χ3v) is 3.58. The minimum Gasteiger partial charge on any atom is -0.345 e. The summed E-state index contributed by atoms with van der Waals surface area (Å²) in [5.74, 6) is 0.387. The van der Waals surface area contributed by atoms with Crippen molar-refractivity contribution >= 4 is 28.5 Å². The van der Waals surface area contributed by atoms with Gasteiger partial charge in [-0.2, -0.15) is 0 Å². The Labute approximate surface area is 139 Å². The molecule has 0 radical (unpaired) electrons. The molecule has 1 heterocycles. The van der Waals surface area contributed by atoms with Crippen LogP contribution in [0.3, 0.4) is 0 Å². The zero-order valence-corrected chi connectivity index (χ0v) is 13.3. The number of hydrogen-bond acceptors (Lipinski definition) is 3. The first kappa shape index (κ1) is 15.7. The summed E-state index contributed by atoms with van der Waals surface area (Å²) in [7, 11) is 0. The largest absolute Gasteiger partial charge is 0.345 e. The molecule has 3 aromatic rings. The first-order valence-electron chi connectivity index (χ1n) is 7.77. The second-order valence-corrected chi connectivity index (χ2v) is 5.37. The van der Waals surface area contributed by atoms with Crippen LogP contribution < -0.4 is 10.6 Å². The van der Waals surface area contributed by atoms with E-state index in [0.29, 0.717) is 30.0 Å². The Hall–Kier alpha value is -3.15. The number of amides is 2. The number of fused-ring (bicyclic) bond motifs is 1. The molecule has 0 unspecified atom stereocenters. The summed E-state index contributed by atoms with van der Waals surface area (Å²) in [6.45, 7) is 2.08. The molecule has 0 aliphatic rings. The Balaban J connectivity index is 1.66. The van der Waals surface area contributed by atoms with Crippen LogP contribution in [0.15, 0.2) is 48.5 Å². The lowest BCUT2D eigenvalue weighted by atomic mass is 10.2. The number of benzene rings is 2. The standard InChI is InChI=1S/C18H18N4O2/c1-2-17(23)20-13-7-5-6-12(10-13)18(24)19-11-16-21-14-8-3-4-9-15(14)22-16/h3-10H,2,11H2,1H3,(H,19,24)(H,20,23)(H,21,22). The van der Waals surface area contributed by atoms with E-state index in [1.54, 1.807) is 31.2 Å². The van der Waals surface area contributed by atoms with Gasteiger partial charge < -0.3 is 15.6 Å². The van der Waals surface area contributed by atoms with Gasteiger partial charge >= 0.3 is 0 Å². The highest BCUT2D eigenvalue weighted by atomic mass is 16.2. The molecule has 0 saturated carbocycles. The van der Waals surface area contributed by atoms with Gasteiger partial charge in [0.05, 0.1) is 17.6 Å². The van der Waals surface area contributed by atoms with E-state index < -0.39 is 0 Å². The quantitative estimate of drug-likeness (QED) is 0.675. The Morgan fingerprint density at radius 3 is 2.75 bits per heavy atom. The molecule has 2 amide bonds. The Kier molecular flexibility index (Phi) is 4.56. The monoisotopic (exact) mass is 322 g/mol. The number of carbonyl (C=O) groups excluding carboxylic acids is 2. The number of nitrogens with zero attached hydrogens (tertiary/aromatic N) is 1. The van der Waals surface area contributed by atoms with Gasteiger partial charge in [-0.3, -0.25) is 9.59 Å². The van der Waals surface area contributed by atoms with Crippen LogP contribution in [-0.2, 0) is 11.3 Å². The smallest absolute Gasteiger partial charge is 0.251 e. The third kappa shape index (κ3) is 3.60. The predicted octanol–water partition coefficient (Wildman–Crippen LogP) is 2.84. The van der Waals surface area contributed by atoms with E-state index in [2.05, 4.69) is 20.6 Å². The molecule has 24 heavy (non-hydrogen) atoms. The normalized spacial score (nSPS) is 10.5. The molecule has 1 aromatic heterocycles. The highest BCUT2D eigenvalue weighted by Crippen LogP contribution is 2.12. The fourth-order valence-electron chi connectivity index (χ4n) is 2.34. The number of H-pyrrole nitrogens is 1. The first-order chi connectivity index (χ1) is 11.7. The van der Waals surface area contributed by atoms with Gasteiger partial charge in [-0.25, -0.2) is 4.98 Å². The SMILES string of the molecule is CCC(=O)Nc1cccc(C(=O)NCc2nc3ccccc3[nH]2)c1. The summed E-state index contributed by atoms with van der Waals surface area (Å²) in [6.07, 6.45) is 0.391. The second kappa shape index (κ2) is 6.95. The highest BCUT2D eigenvalue weighted by Gasteiger charge is 2.09. The maximum absolute atomic E-state index is 12.3. The van der Waals surface area contributed by atoms with Crippen molar-refractivity contribution in [1.82, 2.24) is 15.3 Å². The van der Waals surface area contributed by atoms with Crippen molar-refractivity contribution in [3.8, 4) is 0 Å². The average molecular weight is 322 g/mol. The molecule has 6 heteroatoms. The zero-order valence-electron chi connectivity index (χ0n) is 13.3. The van der Waals surface area contributed by atoms with Crippen LogP contribution in [0, 0.1) is 0 Å². The molecule has 0 atom stereocenters. The van der Waals surface area contributed by atoms with Crippen LogP contribution in [0.4, 0.5) is 5.69 Å². The number of anilines is 1. The molecule has 0 fully saturated rings. The van der Waals surface area contributed by atoms with Gasteiger partial charge in [0.1, 0.15) is 5.82 Å². The number of nitrogens with one attached hydrogen (secondary N) is 3. The molecule has 6 nitrogen and oxygen atoms in total. The van der Waals surface area contributed by atoms with E-state index in [4.69, 9.17) is 0 Å². The molecule has 0 aliphatic carbocycles. The lowest BCUT2D eigenvalue weighted by Crippen LogP contribution is -2.23. The molecule has 3 N–H and O–H groups in total. The topological polar surface area (TPSA) is 86.9 Å². The molecule has 0 saturated heterocycles. The fraction of sp³-hybridized carbons (Fsp3) is 0.167. The summed E-state index contributed by atoms with van der Waals surface area (Å²) in [5, 5.41) is 5.57. The van der Waals surface area contributed by atoms with Gasteiger partial charge in [0, 0.05) is 17.7 Å². The predicted molar refractivity (Wildman–Crippen MR) is 92.6 cm³/mol. The van der Waals surface area contributed by atoms with Gasteiger partial charge in [0.25, 0.3) is 5.91 Å². The van der Waals surface area contributed by atoms with Gasteiger partial charge in [-0.15, -0.1) is 0 Å². The molecule has 2 aromatic carbocycles. The summed E-state index contributed by atoms with van der Waals surface area (Å²) in [6, 6.07) is 14.5. The molecule has 3 rings (SSSR count). The lowest BCUT2D eigenvalue weighted by Gasteiger charge is -2.07. The van der Waals surface area contributed by atoms with Crippen molar-refractivity contribution in [1.29, 1.82) is 0 Å². The van der Waals surface area contributed by atoms with Gasteiger partial charge in [-0.05, 0) is 30.3 Å². The van der Waals surface area contributed by atoms with E-state index in [1.165, 1.54) is 0 Å². The Morgan fingerprint density at radius 1 is 1.12 bits per heavy atom. The maximum atomic E-state index is 12.3. The van der Waals surface area contributed by atoms with Crippen molar-refractivity contribution < 1.29 is 9.59 Å². The number of aromatic amines is 1. The minimum atomic E-state index is -0.219. The summed E-state index contributed by atoms with van der Waals surface area (Å²) in [5.41, 5.74) is 2.90. The number of rotatable bonds is 5. The Morgan fingerprint density at radius 2 is 1.96 bits per heavy atom. The van der Waals surface area contributed by atoms with Crippen molar-refractivity contribution in [2.75, 3.05) is 5.32 Å². The van der Waals surface area contributed by atoms with Crippen molar-refractivity contribution in [2.24, 2.45) is 0 Å². The average Bonchev–Trinajstić information content (AvgIpc) is 3.02. The van der Waals surface area contributed by atoms with Crippen LogP contribution >= 0.6 is 0 Å². The van der Waals surface area contributed by atoms with Crippen LogP contribution in [0.1, 0.15) is 29.5 Å². The van der Waals surface area contributed by atoms with Crippen molar-refractivity contribution in [3.05, 3.63) is 59.9 Å². The second-order valence-electron chi connectivity index (χ2n) is 5.37. The van der Waals surface area contributed by atoms with E-state index in [0.717, 1.165) is 11.0 Å². The van der Waals surface area contributed by atoms with Gasteiger partial charge in [0.2, 0.25) is 5.91 Å². The van der Waals surface area contributed by atoms with Crippen LogP contribution in [0.25, 0.3) is 11.0 Å². The third-order valence-electron chi connectivity index (χ3n) is 3.58. The van der Waals surface area contributed by atoms with Crippen molar-refractivity contribution in [2.45, 2.75) is 19.9 Å². The van der Waals surface area contributed by atoms with Crippen LogP contribution in [0.2, 0.25) is 0 Å². The van der Waals surface area contributed by atoms with Gasteiger partial charge in [-0.1, -0.05) is 25.1 Å². The number of imidazole rings is 1. The van der Waals surface area contributed by atoms with E-state index in [1.807, 2.05) is 24.3 Å². The first-order valence-corrected chi connectivity index (χ1v) is 7.77. The molecular weight excluding hydrogens is 304 g/mol. The zero-order chi connectivity index (χ0) is 16.9. The van der Waals surface area contributed by atoms with Crippen LogP contribution in [-0.4, -0.2) is 21.8 Å². The van der Waals surface area contributed by atoms with Crippen LogP contribution in [0.5, 0.6) is 0 Å². The Bertz CT molecular complexity index is 852. The molecule has 0 aliphatic heterocycles. The fourth-order valence-corrected chi connectivity index (χ4v) is 2.34. The van der Waals surface area contributed by atoms with E-state index >= 15 is 0 Å². The molecule has 0 bridgehead atoms. The maximum Gasteiger partial charge on any atom is 0.251 e. The molecule has 0 spiro atoms. The number of hydrogen-bond donors (Lipinski definition) is 3. The van der Waals surface area contributed by atoms with E-state index in [9.17, 15) is 9.59 Å². The number of para-hydroxylation sites is 2. The summed E-state index contributed by atoms with van der Waals surface area (Å²) >= 11 is 0. The van der Waals surface area contributed by atoms with Gasteiger partial charge in [0.15, 0.2) is 0 Å². The minimum absolute atomic E-state index is 0.0881. The van der Waals surface area contributed by atoms with Crippen molar-refractivity contribution in [3.63, 3.8) is 0 Å². The summed E-state index contributed by atoms with van der Waals surface area (Å²) < 4.78 is 0. The number of carbonyl (C=O) groups is 2. The molecular formula is C18H18N4O2. The lowest BCUT2D eigenvalue weighted by molar-refractivity contribution is -0.115.